The molecule has 0 aliphatic heterocycles. The van der Waals surface area contributed by atoms with E-state index < -0.39 is 0 Å². The Morgan fingerprint density at radius 1 is 1.33 bits per heavy atom. The number of aliphatic hydroxyl groups is 1. The normalized spacial score (nSPS) is 58.2. The van der Waals surface area contributed by atoms with Crippen LogP contribution in [0.2, 0.25) is 0 Å². The molecule has 3 aliphatic rings. The molecule has 0 amide bonds. The third kappa shape index (κ3) is 1.17. The SMILES string of the molecule is CO[C@H]1C[C@]2(C[C@@H]1O)[C@@H]1CC[C@@H](C1)[C@@H]2N. The second-order valence-corrected chi connectivity index (χ2v) is 5.78. The van der Waals surface area contributed by atoms with Crippen LogP contribution in [0.1, 0.15) is 32.1 Å². The molecule has 0 heterocycles. The molecule has 0 radical (unpaired) electrons. The average molecular weight is 211 g/mol. The summed E-state index contributed by atoms with van der Waals surface area (Å²) in [7, 11) is 1.70. The summed E-state index contributed by atoms with van der Waals surface area (Å²) in [5, 5.41) is 9.98. The fraction of sp³-hybridized carbons (Fsp3) is 1.00. The van der Waals surface area contributed by atoms with E-state index in [1.165, 1.54) is 19.3 Å². The van der Waals surface area contributed by atoms with Gasteiger partial charge in [0.25, 0.3) is 0 Å². The monoisotopic (exact) mass is 211 g/mol. The van der Waals surface area contributed by atoms with Crippen molar-refractivity contribution in [1.29, 1.82) is 0 Å². The Bertz CT molecular complexity index is 266. The summed E-state index contributed by atoms with van der Waals surface area (Å²) in [5.74, 6) is 1.48. The molecule has 2 bridgehead atoms. The minimum atomic E-state index is -0.291. The van der Waals surface area contributed by atoms with Gasteiger partial charge in [0.05, 0.1) is 12.2 Å². The largest absolute Gasteiger partial charge is 0.390 e. The van der Waals surface area contributed by atoms with Gasteiger partial charge in [-0.3, -0.25) is 0 Å². The first-order valence-electron chi connectivity index (χ1n) is 6.14. The van der Waals surface area contributed by atoms with Crippen molar-refractivity contribution in [3.63, 3.8) is 0 Å². The standard InChI is InChI=1S/C12H21NO2/c1-15-10-6-12(5-9(10)14)8-3-2-7(4-8)11(12)13/h7-11,14H,2-6,13H2,1H3/t7-,8+,9-,10-,11-,12+/m0/s1. The predicted molar refractivity (Wildman–Crippen MR) is 57.3 cm³/mol. The van der Waals surface area contributed by atoms with Gasteiger partial charge >= 0.3 is 0 Å². The highest BCUT2D eigenvalue weighted by Crippen LogP contribution is 2.62. The fourth-order valence-electron chi connectivity index (χ4n) is 4.57. The van der Waals surface area contributed by atoms with Crippen molar-refractivity contribution >= 4 is 0 Å². The quantitative estimate of drug-likeness (QED) is 0.677. The van der Waals surface area contributed by atoms with E-state index in [2.05, 4.69) is 0 Å². The van der Waals surface area contributed by atoms with Crippen LogP contribution in [0.25, 0.3) is 0 Å². The number of hydrogen-bond donors (Lipinski definition) is 2. The number of rotatable bonds is 1. The molecule has 3 fully saturated rings. The van der Waals surface area contributed by atoms with E-state index in [1.807, 2.05) is 0 Å². The van der Waals surface area contributed by atoms with Gasteiger partial charge in [-0.05, 0) is 49.4 Å². The van der Waals surface area contributed by atoms with E-state index in [-0.39, 0.29) is 17.6 Å². The summed E-state index contributed by atoms with van der Waals surface area (Å²) < 4.78 is 5.36. The molecule has 3 nitrogen and oxygen atoms in total. The summed E-state index contributed by atoms with van der Waals surface area (Å²) >= 11 is 0. The maximum atomic E-state index is 9.98. The van der Waals surface area contributed by atoms with E-state index in [1.54, 1.807) is 7.11 Å². The van der Waals surface area contributed by atoms with Crippen molar-refractivity contribution in [3.8, 4) is 0 Å². The third-order valence-corrected chi connectivity index (χ3v) is 5.36. The Labute approximate surface area is 91.0 Å². The van der Waals surface area contributed by atoms with E-state index >= 15 is 0 Å². The van der Waals surface area contributed by atoms with Gasteiger partial charge in [-0.1, -0.05) is 0 Å². The van der Waals surface area contributed by atoms with Crippen LogP contribution in [0.15, 0.2) is 0 Å². The van der Waals surface area contributed by atoms with E-state index in [0.717, 1.165) is 24.7 Å². The Kier molecular flexibility index (Phi) is 2.14. The van der Waals surface area contributed by atoms with E-state index in [0.29, 0.717) is 6.04 Å². The first-order chi connectivity index (χ1) is 7.17. The van der Waals surface area contributed by atoms with Crippen LogP contribution in [0.3, 0.4) is 0 Å². The highest BCUT2D eigenvalue weighted by atomic mass is 16.5. The zero-order valence-corrected chi connectivity index (χ0v) is 9.36. The molecule has 6 atom stereocenters. The predicted octanol–water partition coefficient (Wildman–Crippen LogP) is 0.900. The fourth-order valence-corrected chi connectivity index (χ4v) is 4.57. The lowest BCUT2D eigenvalue weighted by atomic mass is 9.69. The molecule has 0 aromatic rings. The molecule has 3 saturated carbocycles. The summed E-state index contributed by atoms with van der Waals surface area (Å²) in [6.07, 6.45) is 5.50. The minimum Gasteiger partial charge on any atom is -0.390 e. The third-order valence-electron chi connectivity index (χ3n) is 5.36. The Balaban J connectivity index is 1.86. The molecule has 3 rings (SSSR count). The van der Waals surface area contributed by atoms with Crippen molar-refractivity contribution in [2.24, 2.45) is 23.0 Å². The highest BCUT2D eigenvalue weighted by molar-refractivity contribution is 5.13. The summed E-state index contributed by atoms with van der Waals surface area (Å²) in [5.41, 5.74) is 6.58. The number of nitrogens with two attached hydrogens (primary N) is 1. The lowest BCUT2D eigenvalue weighted by Crippen LogP contribution is -2.45. The Morgan fingerprint density at radius 3 is 2.67 bits per heavy atom. The van der Waals surface area contributed by atoms with Crippen LogP contribution in [0.5, 0.6) is 0 Å². The Hall–Kier alpha value is -0.120. The van der Waals surface area contributed by atoms with Crippen molar-refractivity contribution < 1.29 is 9.84 Å². The average Bonchev–Trinajstić information content (AvgIpc) is 2.85. The van der Waals surface area contributed by atoms with Crippen LogP contribution in [0, 0.1) is 17.3 Å². The zero-order chi connectivity index (χ0) is 10.6. The van der Waals surface area contributed by atoms with Gasteiger partial charge in [0.2, 0.25) is 0 Å². The van der Waals surface area contributed by atoms with Gasteiger partial charge in [0.1, 0.15) is 0 Å². The zero-order valence-electron chi connectivity index (χ0n) is 9.36. The number of hydrogen-bond acceptors (Lipinski definition) is 3. The smallest absolute Gasteiger partial charge is 0.0836 e. The minimum absolute atomic E-state index is 0.0235. The molecule has 3 N–H and O–H groups in total. The van der Waals surface area contributed by atoms with Crippen LogP contribution >= 0.6 is 0 Å². The molecule has 0 aromatic heterocycles. The molecule has 3 heteroatoms. The molecule has 86 valence electrons. The maximum Gasteiger partial charge on any atom is 0.0836 e. The van der Waals surface area contributed by atoms with Crippen molar-refractivity contribution in [3.05, 3.63) is 0 Å². The van der Waals surface area contributed by atoms with Gasteiger partial charge in [0.15, 0.2) is 0 Å². The Morgan fingerprint density at radius 2 is 2.13 bits per heavy atom. The van der Waals surface area contributed by atoms with Crippen molar-refractivity contribution in [2.75, 3.05) is 7.11 Å². The first-order valence-corrected chi connectivity index (χ1v) is 6.14. The molecule has 0 aromatic carbocycles. The highest BCUT2D eigenvalue weighted by Gasteiger charge is 2.61. The lowest BCUT2D eigenvalue weighted by molar-refractivity contribution is 0.00927. The second-order valence-electron chi connectivity index (χ2n) is 5.78. The molecule has 1 spiro atoms. The summed E-state index contributed by atoms with van der Waals surface area (Å²) in [6.45, 7) is 0. The molecular weight excluding hydrogens is 190 g/mol. The molecule has 0 unspecified atom stereocenters. The summed E-state index contributed by atoms with van der Waals surface area (Å²) in [4.78, 5) is 0. The van der Waals surface area contributed by atoms with Crippen LogP contribution in [0.4, 0.5) is 0 Å². The van der Waals surface area contributed by atoms with Gasteiger partial charge in [-0.15, -0.1) is 0 Å². The molecule has 3 aliphatic carbocycles. The van der Waals surface area contributed by atoms with Crippen molar-refractivity contribution in [2.45, 2.75) is 50.4 Å². The second kappa shape index (κ2) is 3.19. The molecule has 15 heavy (non-hydrogen) atoms. The van der Waals surface area contributed by atoms with Crippen LogP contribution < -0.4 is 5.73 Å². The van der Waals surface area contributed by atoms with Gasteiger partial charge in [-0.25, -0.2) is 0 Å². The number of fused-ring (bicyclic) bond motifs is 3. The van der Waals surface area contributed by atoms with E-state index in [9.17, 15) is 5.11 Å². The maximum absolute atomic E-state index is 9.98. The van der Waals surface area contributed by atoms with Gasteiger partial charge < -0.3 is 15.6 Å². The number of aliphatic hydroxyl groups excluding tert-OH is 1. The molecule has 0 saturated heterocycles. The number of ether oxygens (including phenoxy) is 1. The van der Waals surface area contributed by atoms with Crippen LogP contribution in [-0.4, -0.2) is 30.5 Å². The van der Waals surface area contributed by atoms with E-state index in [4.69, 9.17) is 10.5 Å². The van der Waals surface area contributed by atoms with Gasteiger partial charge in [-0.2, -0.15) is 0 Å². The lowest BCUT2D eigenvalue weighted by Gasteiger charge is -2.39. The summed E-state index contributed by atoms with van der Waals surface area (Å²) in [6, 6.07) is 0.311. The molecular formula is C12H21NO2. The van der Waals surface area contributed by atoms with Gasteiger partial charge in [0, 0.05) is 13.2 Å². The number of methoxy groups -OCH3 is 1. The topological polar surface area (TPSA) is 55.5 Å². The van der Waals surface area contributed by atoms with Crippen LogP contribution in [-0.2, 0) is 4.74 Å². The van der Waals surface area contributed by atoms with Crippen molar-refractivity contribution in [1.82, 2.24) is 0 Å². The first kappa shape index (κ1) is 10.1.